The number of benzene rings is 2. The van der Waals surface area contributed by atoms with E-state index in [-0.39, 0.29) is 5.41 Å². The van der Waals surface area contributed by atoms with E-state index < -0.39 is 6.16 Å². The van der Waals surface area contributed by atoms with Crippen LogP contribution in [-0.2, 0) is 16.6 Å². The highest BCUT2D eigenvalue weighted by Crippen LogP contribution is 2.39. The number of aryl methyl sites for hydroxylation is 2. The van der Waals surface area contributed by atoms with Gasteiger partial charge in [-0.15, -0.1) is 0 Å². The molecule has 1 heterocycles. The Kier molecular flexibility index (Phi) is 7.34. The molecule has 5 nitrogen and oxygen atoms in total. The molecule has 35 heavy (non-hydrogen) atoms. The van der Waals surface area contributed by atoms with Gasteiger partial charge in [0.1, 0.15) is 17.2 Å². The van der Waals surface area contributed by atoms with Crippen molar-refractivity contribution in [3.63, 3.8) is 0 Å². The van der Waals surface area contributed by atoms with E-state index >= 15 is 0 Å². The summed E-state index contributed by atoms with van der Waals surface area (Å²) in [5.41, 5.74) is 4.74. The van der Waals surface area contributed by atoms with Gasteiger partial charge in [-0.25, -0.2) is 4.79 Å². The molecule has 0 saturated heterocycles. The summed E-state index contributed by atoms with van der Waals surface area (Å²) in [6.45, 7) is 13.0. The number of ether oxygens (including phenoxy) is 3. The summed E-state index contributed by atoms with van der Waals surface area (Å²) in [5, 5.41) is 0.779. The van der Waals surface area contributed by atoms with E-state index in [4.69, 9.17) is 19.2 Å². The molecule has 1 aliphatic rings. The van der Waals surface area contributed by atoms with Crippen molar-refractivity contribution in [3.8, 4) is 17.2 Å². The van der Waals surface area contributed by atoms with Crippen molar-refractivity contribution in [3.05, 3.63) is 58.8 Å². The Balaban J connectivity index is 1.65. The maximum absolute atomic E-state index is 12.7. The second-order valence-corrected chi connectivity index (χ2v) is 10.6. The van der Waals surface area contributed by atoms with Crippen molar-refractivity contribution >= 4 is 17.1 Å². The van der Waals surface area contributed by atoms with Crippen LogP contribution in [0.2, 0.25) is 0 Å². The first-order valence-corrected chi connectivity index (χ1v) is 12.7. The first-order valence-electron chi connectivity index (χ1n) is 12.7. The fourth-order valence-electron chi connectivity index (χ4n) is 4.81. The minimum absolute atomic E-state index is 0.0796. The molecule has 5 heteroatoms. The van der Waals surface area contributed by atoms with Crippen molar-refractivity contribution in [1.82, 2.24) is 4.98 Å². The fourth-order valence-corrected chi connectivity index (χ4v) is 4.81. The molecule has 186 valence electrons. The Bertz CT molecular complexity index is 1200. The van der Waals surface area contributed by atoms with Crippen LogP contribution in [0.1, 0.15) is 75.8 Å². The van der Waals surface area contributed by atoms with E-state index in [0.29, 0.717) is 24.0 Å². The molecule has 0 N–H and O–H groups in total. The molecule has 1 aliphatic carbocycles. The number of nitrogens with zero attached hydrogens (tertiary/aromatic N) is 1. The normalized spacial score (nSPS) is 14.3. The average Bonchev–Trinajstić information content (AvgIpc) is 3.34. The Labute approximate surface area is 208 Å². The van der Waals surface area contributed by atoms with Gasteiger partial charge in [0.25, 0.3) is 0 Å². The third kappa shape index (κ3) is 5.61. The first-order chi connectivity index (χ1) is 16.7. The number of carbonyl (C=O) groups excluding carboxylic acids is 1. The highest BCUT2D eigenvalue weighted by Gasteiger charge is 2.22. The Morgan fingerprint density at radius 1 is 1.00 bits per heavy atom. The summed E-state index contributed by atoms with van der Waals surface area (Å²) in [7, 11) is 0. The molecular formula is C30H37NO4. The van der Waals surface area contributed by atoms with Crippen LogP contribution in [0.25, 0.3) is 10.9 Å². The molecule has 1 fully saturated rings. The largest absolute Gasteiger partial charge is 0.513 e. The Hall–Kier alpha value is -3.08. The van der Waals surface area contributed by atoms with Crippen LogP contribution in [0.4, 0.5) is 4.79 Å². The number of fused-ring (bicyclic) bond motifs is 1. The van der Waals surface area contributed by atoms with Crippen molar-refractivity contribution in [2.75, 3.05) is 6.61 Å². The van der Waals surface area contributed by atoms with Crippen molar-refractivity contribution in [1.29, 1.82) is 0 Å². The second-order valence-electron chi connectivity index (χ2n) is 10.6. The van der Waals surface area contributed by atoms with E-state index in [9.17, 15) is 4.79 Å². The fraction of sp³-hybridized carbons (Fsp3) is 0.467. The van der Waals surface area contributed by atoms with E-state index in [1.807, 2.05) is 38.1 Å². The maximum Gasteiger partial charge on any atom is 0.513 e. The van der Waals surface area contributed by atoms with Gasteiger partial charge in [-0.05, 0) is 74.3 Å². The summed E-state index contributed by atoms with van der Waals surface area (Å²) >= 11 is 0. The van der Waals surface area contributed by atoms with Gasteiger partial charge in [0.15, 0.2) is 0 Å². The minimum Gasteiger partial charge on any atom is -0.457 e. The minimum atomic E-state index is -0.655. The zero-order valence-electron chi connectivity index (χ0n) is 21.9. The van der Waals surface area contributed by atoms with Crippen molar-refractivity contribution in [2.45, 2.75) is 79.1 Å². The number of hydrogen-bond acceptors (Lipinski definition) is 5. The average molecular weight is 476 g/mol. The van der Waals surface area contributed by atoms with Gasteiger partial charge in [-0.3, -0.25) is 4.98 Å². The quantitative estimate of drug-likeness (QED) is 0.336. The zero-order valence-corrected chi connectivity index (χ0v) is 21.9. The molecule has 3 aromatic rings. The molecule has 0 bridgehead atoms. The predicted molar refractivity (Wildman–Crippen MR) is 140 cm³/mol. The second kappa shape index (κ2) is 10.3. The van der Waals surface area contributed by atoms with Gasteiger partial charge < -0.3 is 14.2 Å². The molecule has 0 amide bonds. The van der Waals surface area contributed by atoms with Crippen LogP contribution in [0.15, 0.2) is 36.4 Å². The van der Waals surface area contributed by atoms with Crippen LogP contribution >= 0.6 is 0 Å². The van der Waals surface area contributed by atoms with Gasteiger partial charge in [0, 0.05) is 16.8 Å². The molecule has 1 saturated carbocycles. The smallest absolute Gasteiger partial charge is 0.457 e. The van der Waals surface area contributed by atoms with E-state index in [1.165, 1.54) is 18.4 Å². The maximum atomic E-state index is 12.7. The summed E-state index contributed by atoms with van der Waals surface area (Å²) in [4.78, 5) is 17.5. The highest BCUT2D eigenvalue weighted by atomic mass is 16.7. The predicted octanol–water partition coefficient (Wildman–Crippen LogP) is 8.21. The Morgan fingerprint density at radius 3 is 2.31 bits per heavy atom. The number of rotatable bonds is 6. The molecule has 0 spiro atoms. The molecule has 1 aromatic heterocycles. The molecule has 0 atom stereocenters. The molecular weight excluding hydrogens is 438 g/mol. The van der Waals surface area contributed by atoms with Crippen LogP contribution in [0.3, 0.4) is 0 Å². The highest BCUT2D eigenvalue weighted by molar-refractivity contribution is 5.93. The standard InChI is InChI=1S/C30H37NO4/c1-7-24-19(2)28(35-29(32)33-18-21-10-8-9-11-21)27-20(3)26(17-16-25(27)31-24)34-23-14-12-22(13-15-23)30(4,5)6/h12-17,21H,7-11,18H2,1-6H3. The molecule has 0 radical (unpaired) electrons. The van der Waals surface area contributed by atoms with Crippen LogP contribution < -0.4 is 9.47 Å². The van der Waals surface area contributed by atoms with Crippen LogP contribution in [0, 0.1) is 19.8 Å². The third-order valence-corrected chi connectivity index (χ3v) is 7.03. The van der Waals surface area contributed by atoms with Gasteiger partial charge in [-0.2, -0.15) is 0 Å². The zero-order chi connectivity index (χ0) is 25.2. The topological polar surface area (TPSA) is 57.7 Å². The third-order valence-electron chi connectivity index (χ3n) is 7.03. The van der Waals surface area contributed by atoms with Crippen LogP contribution in [-0.4, -0.2) is 17.7 Å². The number of pyridine rings is 1. The SMILES string of the molecule is CCc1nc2ccc(Oc3ccc(C(C)(C)C)cc3)c(C)c2c(OC(=O)OCC2CCCC2)c1C. The molecule has 2 aromatic carbocycles. The van der Waals surface area contributed by atoms with Crippen molar-refractivity contribution in [2.24, 2.45) is 5.92 Å². The van der Waals surface area contributed by atoms with Gasteiger partial charge in [0.2, 0.25) is 0 Å². The number of aromatic nitrogens is 1. The monoisotopic (exact) mass is 475 g/mol. The summed E-state index contributed by atoms with van der Waals surface area (Å²) in [5.74, 6) is 2.41. The van der Waals surface area contributed by atoms with Gasteiger partial charge in [-0.1, -0.05) is 52.7 Å². The lowest BCUT2D eigenvalue weighted by Crippen LogP contribution is -2.16. The number of hydrogen-bond donors (Lipinski definition) is 0. The lowest BCUT2D eigenvalue weighted by molar-refractivity contribution is 0.0848. The summed E-state index contributed by atoms with van der Waals surface area (Å²) in [6, 6.07) is 12.0. The van der Waals surface area contributed by atoms with Crippen LogP contribution in [0.5, 0.6) is 17.2 Å². The first kappa shape index (κ1) is 25.0. The van der Waals surface area contributed by atoms with E-state index in [1.54, 1.807) is 0 Å². The molecule has 4 rings (SSSR count). The summed E-state index contributed by atoms with van der Waals surface area (Å²) in [6.07, 6.45) is 4.72. The Morgan fingerprint density at radius 2 is 1.69 bits per heavy atom. The van der Waals surface area contributed by atoms with Gasteiger partial charge >= 0.3 is 6.16 Å². The number of carbonyl (C=O) groups is 1. The summed E-state index contributed by atoms with van der Waals surface area (Å²) < 4.78 is 17.6. The molecule has 0 aliphatic heterocycles. The van der Waals surface area contributed by atoms with Gasteiger partial charge in [0.05, 0.1) is 17.5 Å². The molecule has 0 unspecified atom stereocenters. The van der Waals surface area contributed by atoms with Crippen molar-refractivity contribution < 1.29 is 19.0 Å². The lowest BCUT2D eigenvalue weighted by Gasteiger charge is -2.20. The van der Waals surface area contributed by atoms with E-state index in [2.05, 4.69) is 39.8 Å². The van der Waals surface area contributed by atoms with E-state index in [0.717, 1.165) is 52.7 Å². The lowest BCUT2D eigenvalue weighted by atomic mass is 9.87.